The van der Waals surface area contributed by atoms with E-state index in [-0.39, 0.29) is 5.69 Å². The van der Waals surface area contributed by atoms with Gasteiger partial charge in [-0.1, -0.05) is 17.3 Å². The van der Waals surface area contributed by atoms with Crippen LogP contribution in [0.25, 0.3) is 17.1 Å². The molecule has 8 heteroatoms. The van der Waals surface area contributed by atoms with Gasteiger partial charge in [0.05, 0.1) is 10.6 Å². The van der Waals surface area contributed by atoms with Gasteiger partial charge in [0, 0.05) is 21.3 Å². The van der Waals surface area contributed by atoms with Crippen molar-refractivity contribution in [2.75, 3.05) is 0 Å². The summed E-state index contributed by atoms with van der Waals surface area (Å²) in [7, 11) is 0. The van der Waals surface area contributed by atoms with E-state index in [4.69, 9.17) is 4.52 Å². The van der Waals surface area contributed by atoms with Gasteiger partial charge in [0.2, 0.25) is 0 Å². The van der Waals surface area contributed by atoms with Crippen LogP contribution in [0.15, 0.2) is 57.8 Å². The standard InChI is InChI=1S/C14H8IN3O4/c15-10-3-1-9(2-4-10)13-16-22-14(19)17(13)11-5-7-12(8-6-11)18(20)21/h1-8H. The molecule has 0 atom stereocenters. The lowest BCUT2D eigenvalue weighted by Crippen LogP contribution is -2.13. The van der Waals surface area contributed by atoms with Gasteiger partial charge in [-0.15, -0.1) is 0 Å². The van der Waals surface area contributed by atoms with Crippen molar-refractivity contribution < 1.29 is 9.45 Å². The second kappa shape index (κ2) is 5.72. The second-order valence-electron chi connectivity index (χ2n) is 4.39. The highest BCUT2D eigenvalue weighted by Crippen LogP contribution is 2.22. The van der Waals surface area contributed by atoms with E-state index >= 15 is 0 Å². The van der Waals surface area contributed by atoms with Crippen LogP contribution >= 0.6 is 22.6 Å². The third-order valence-corrected chi connectivity index (χ3v) is 3.74. The minimum absolute atomic E-state index is 0.0518. The van der Waals surface area contributed by atoms with Crippen LogP contribution in [0.1, 0.15) is 0 Å². The lowest BCUT2D eigenvalue weighted by Gasteiger charge is -2.04. The SMILES string of the molecule is O=c1onc(-c2ccc(I)cc2)n1-c1ccc([N+](=O)[O-])cc1. The average molecular weight is 409 g/mol. The Hall–Kier alpha value is -2.49. The molecule has 1 aromatic heterocycles. The predicted octanol–water partition coefficient (Wildman–Crippen LogP) is 3.01. The van der Waals surface area contributed by atoms with E-state index in [0.717, 1.165) is 3.57 Å². The molecule has 3 aromatic rings. The molecule has 0 bridgehead atoms. The molecule has 0 saturated carbocycles. The van der Waals surface area contributed by atoms with Crippen molar-refractivity contribution in [1.29, 1.82) is 0 Å². The van der Waals surface area contributed by atoms with Gasteiger partial charge in [-0.3, -0.25) is 14.6 Å². The molecule has 110 valence electrons. The molecule has 2 aromatic carbocycles. The molecule has 7 nitrogen and oxygen atoms in total. The second-order valence-corrected chi connectivity index (χ2v) is 5.63. The smallest absolute Gasteiger partial charge is 0.295 e. The summed E-state index contributed by atoms with van der Waals surface area (Å²) < 4.78 is 7.05. The summed E-state index contributed by atoms with van der Waals surface area (Å²) in [5.41, 5.74) is 1.11. The molecule has 0 saturated heterocycles. The molecular formula is C14H8IN3O4. The van der Waals surface area contributed by atoms with Crippen molar-refractivity contribution in [3.05, 3.63) is 72.8 Å². The molecule has 0 aliphatic carbocycles. The fourth-order valence-corrected chi connectivity index (χ4v) is 2.34. The Balaban J connectivity index is 2.11. The van der Waals surface area contributed by atoms with E-state index in [2.05, 4.69) is 27.7 Å². The van der Waals surface area contributed by atoms with Gasteiger partial charge in [0.25, 0.3) is 5.69 Å². The molecule has 0 aliphatic heterocycles. The lowest BCUT2D eigenvalue weighted by atomic mass is 10.2. The minimum Gasteiger partial charge on any atom is -0.295 e. The highest BCUT2D eigenvalue weighted by molar-refractivity contribution is 14.1. The van der Waals surface area contributed by atoms with Crippen molar-refractivity contribution >= 4 is 28.3 Å². The molecule has 0 unspecified atom stereocenters. The summed E-state index contributed by atoms with van der Waals surface area (Å²) in [6.45, 7) is 0. The maximum absolute atomic E-state index is 11.9. The first-order valence-electron chi connectivity index (χ1n) is 6.16. The number of nitro groups is 1. The highest BCUT2D eigenvalue weighted by atomic mass is 127. The molecule has 0 aliphatic rings. The van der Waals surface area contributed by atoms with Crippen LogP contribution in [0.5, 0.6) is 0 Å². The minimum atomic E-state index is -0.651. The van der Waals surface area contributed by atoms with Crippen LogP contribution in [0, 0.1) is 13.7 Å². The number of halogens is 1. The highest BCUT2D eigenvalue weighted by Gasteiger charge is 2.15. The van der Waals surface area contributed by atoms with E-state index in [1.807, 2.05) is 24.3 Å². The summed E-state index contributed by atoms with van der Waals surface area (Å²) in [6, 6.07) is 13.0. The molecule has 0 spiro atoms. The van der Waals surface area contributed by atoms with Gasteiger partial charge in [0.15, 0.2) is 5.82 Å². The Bertz CT molecular complexity index is 882. The molecule has 0 amide bonds. The van der Waals surface area contributed by atoms with Crippen molar-refractivity contribution in [1.82, 2.24) is 9.72 Å². The van der Waals surface area contributed by atoms with Gasteiger partial charge in [-0.05, 0) is 46.9 Å². The van der Waals surface area contributed by atoms with Crippen molar-refractivity contribution in [2.24, 2.45) is 0 Å². The van der Waals surface area contributed by atoms with E-state index in [1.165, 1.54) is 28.8 Å². The predicted molar refractivity (Wildman–Crippen MR) is 86.9 cm³/mol. The first kappa shape index (κ1) is 14.4. The Morgan fingerprint density at radius 2 is 1.73 bits per heavy atom. The van der Waals surface area contributed by atoms with Gasteiger partial charge >= 0.3 is 5.76 Å². The maximum atomic E-state index is 11.9. The Labute approximate surface area is 137 Å². The number of aromatic nitrogens is 2. The Kier molecular flexibility index (Phi) is 3.75. The number of hydrogen-bond donors (Lipinski definition) is 0. The molecule has 0 fully saturated rings. The van der Waals surface area contributed by atoms with E-state index in [9.17, 15) is 14.9 Å². The Morgan fingerprint density at radius 1 is 1.09 bits per heavy atom. The fraction of sp³-hybridized carbons (Fsp3) is 0. The third-order valence-electron chi connectivity index (χ3n) is 3.03. The third kappa shape index (κ3) is 2.64. The zero-order valence-electron chi connectivity index (χ0n) is 11.0. The molecular weight excluding hydrogens is 401 g/mol. The number of non-ortho nitro benzene ring substituents is 1. The van der Waals surface area contributed by atoms with Crippen LogP contribution in [0.2, 0.25) is 0 Å². The summed E-state index contributed by atoms with van der Waals surface area (Å²) in [6.07, 6.45) is 0. The van der Waals surface area contributed by atoms with Crippen molar-refractivity contribution in [2.45, 2.75) is 0 Å². The summed E-state index contributed by atoms with van der Waals surface area (Å²) >= 11 is 2.17. The number of hydrogen-bond acceptors (Lipinski definition) is 5. The zero-order chi connectivity index (χ0) is 15.7. The first-order valence-corrected chi connectivity index (χ1v) is 7.23. The van der Waals surface area contributed by atoms with Crippen LogP contribution in [0.3, 0.4) is 0 Å². The molecule has 0 N–H and O–H groups in total. The van der Waals surface area contributed by atoms with Gasteiger partial charge in [-0.2, -0.15) is 0 Å². The van der Waals surface area contributed by atoms with Crippen LogP contribution in [-0.2, 0) is 0 Å². The average Bonchev–Trinajstić information content (AvgIpc) is 2.90. The van der Waals surface area contributed by atoms with Crippen LogP contribution < -0.4 is 5.76 Å². The number of benzene rings is 2. The molecule has 0 radical (unpaired) electrons. The number of rotatable bonds is 3. The van der Waals surface area contributed by atoms with Gasteiger partial charge < -0.3 is 0 Å². The number of nitrogens with zero attached hydrogens (tertiary/aromatic N) is 3. The van der Waals surface area contributed by atoms with Gasteiger partial charge in [-0.25, -0.2) is 9.36 Å². The normalized spacial score (nSPS) is 10.6. The first-order chi connectivity index (χ1) is 10.6. The maximum Gasteiger partial charge on any atom is 0.446 e. The molecule has 22 heavy (non-hydrogen) atoms. The van der Waals surface area contributed by atoms with Crippen LogP contribution in [0.4, 0.5) is 5.69 Å². The zero-order valence-corrected chi connectivity index (χ0v) is 13.1. The van der Waals surface area contributed by atoms with E-state index < -0.39 is 10.7 Å². The topological polar surface area (TPSA) is 91.2 Å². The summed E-state index contributed by atoms with van der Waals surface area (Å²) in [5, 5.41) is 14.5. The number of nitro benzene ring substituents is 1. The van der Waals surface area contributed by atoms with Crippen LogP contribution in [-0.4, -0.2) is 14.6 Å². The molecule has 1 heterocycles. The summed E-state index contributed by atoms with van der Waals surface area (Å²) in [4.78, 5) is 22.1. The van der Waals surface area contributed by atoms with E-state index in [0.29, 0.717) is 17.1 Å². The fourth-order valence-electron chi connectivity index (χ4n) is 1.98. The van der Waals surface area contributed by atoms with Crippen molar-refractivity contribution in [3.63, 3.8) is 0 Å². The quantitative estimate of drug-likeness (QED) is 0.377. The molecule has 3 rings (SSSR count). The van der Waals surface area contributed by atoms with Crippen molar-refractivity contribution in [3.8, 4) is 17.1 Å². The lowest BCUT2D eigenvalue weighted by molar-refractivity contribution is -0.384. The van der Waals surface area contributed by atoms with Gasteiger partial charge in [0.1, 0.15) is 0 Å². The Morgan fingerprint density at radius 3 is 2.32 bits per heavy atom. The largest absolute Gasteiger partial charge is 0.446 e. The monoisotopic (exact) mass is 409 g/mol. The summed E-state index contributed by atoms with van der Waals surface area (Å²) in [5.74, 6) is -0.308. The van der Waals surface area contributed by atoms with E-state index in [1.54, 1.807) is 0 Å².